The molecule has 5 heteroatoms. The van der Waals surface area contributed by atoms with E-state index in [1.165, 1.54) is 12.1 Å². The van der Waals surface area contributed by atoms with Gasteiger partial charge >= 0.3 is 0 Å². The summed E-state index contributed by atoms with van der Waals surface area (Å²) in [6.07, 6.45) is 0.0388. The van der Waals surface area contributed by atoms with Crippen LogP contribution in [0.2, 0.25) is 5.02 Å². The van der Waals surface area contributed by atoms with Crippen LogP contribution in [0.25, 0.3) is 0 Å². The van der Waals surface area contributed by atoms with Crippen LogP contribution in [0.5, 0.6) is 0 Å². The maximum absolute atomic E-state index is 13.5. The van der Waals surface area contributed by atoms with Crippen LogP contribution in [0, 0.1) is 12.7 Å². The zero-order valence-electron chi connectivity index (χ0n) is 10.1. The summed E-state index contributed by atoms with van der Waals surface area (Å²) >= 11 is 6.06. The molecule has 1 aromatic heterocycles. The van der Waals surface area contributed by atoms with Crippen LogP contribution < -0.4 is 0 Å². The quantitative estimate of drug-likeness (QED) is 0.801. The van der Waals surface area contributed by atoms with Gasteiger partial charge in [0.15, 0.2) is 5.78 Å². The number of aryl methyl sites for hydroxylation is 2. The van der Waals surface area contributed by atoms with Crippen LogP contribution in [0.15, 0.2) is 24.3 Å². The van der Waals surface area contributed by atoms with E-state index in [9.17, 15) is 9.18 Å². The van der Waals surface area contributed by atoms with Gasteiger partial charge in [-0.1, -0.05) is 23.7 Å². The van der Waals surface area contributed by atoms with Crippen molar-refractivity contribution in [1.82, 2.24) is 9.78 Å². The number of carbonyl (C=O) groups excluding carboxylic acids is 1. The normalized spacial score (nSPS) is 10.7. The Kier molecular flexibility index (Phi) is 3.48. The topological polar surface area (TPSA) is 34.9 Å². The summed E-state index contributed by atoms with van der Waals surface area (Å²) in [5.41, 5.74) is 1.34. The molecule has 0 fully saturated rings. The molecule has 0 aliphatic rings. The van der Waals surface area contributed by atoms with E-state index in [0.29, 0.717) is 16.4 Å². The van der Waals surface area contributed by atoms with Crippen molar-refractivity contribution in [1.29, 1.82) is 0 Å². The van der Waals surface area contributed by atoms with Gasteiger partial charge in [0.05, 0.1) is 28.4 Å². The molecule has 18 heavy (non-hydrogen) atoms. The summed E-state index contributed by atoms with van der Waals surface area (Å²) in [6.45, 7) is 1.76. The Hall–Kier alpha value is -1.68. The summed E-state index contributed by atoms with van der Waals surface area (Å²) in [5, 5.41) is 4.58. The number of hydrogen-bond acceptors (Lipinski definition) is 2. The van der Waals surface area contributed by atoms with Crippen molar-refractivity contribution in [2.75, 3.05) is 0 Å². The first-order valence-electron chi connectivity index (χ1n) is 5.46. The standard InChI is InChI=1S/C13H12ClFN2O/c1-8-13(14)11(17(2)16-8)7-12(18)9-5-3-4-6-10(9)15/h3-6H,7H2,1-2H3. The van der Waals surface area contributed by atoms with Crippen molar-refractivity contribution in [2.24, 2.45) is 7.05 Å². The Balaban J connectivity index is 2.30. The molecule has 0 radical (unpaired) electrons. The zero-order valence-corrected chi connectivity index (χ0v) is 10.8. The zero-order chi connectivity index (χ0) is 13.3. The molecule has 3 nitrogen and oxygen atoms in total. The Morgan fingerprint density at radius 2 is 2.11 bits per heavy atom. The lowest BCUT2D eigenvalue weighted by Gasteiger charge is -2.03. The number of ketones is 1. The molecule has 0 bridgehead atoms. The molecule has 1 aromatic carbocycles. The third-order valence-electron chi connectivity index (χ3n) is 2.76. The van der Waals surface area contributed by atoms with E-state index < -0.39 is 5.82 Å². The van der Waals surface area contributed by atoms with Crippen molar-refractivity contribution in [3.8, 4) is 0 Å². The molecule has 0 amide bonds. The second kappa shape index (κ2) is 4.90. The van der Waals surface area contributed by atoms with Gasteiger partial charge in [0.2, 0.25) is 0 Å². The highest BCUT2D eigenvalue weighted by atomic mass is 35.5. The molecule has 0 aliphatic carbocycles. The van der Waals surface area contributed by atoms with Crippen molar-refractivity contribution < 1.29 is 9.18 Å². The van der Waals surface area contributed by atoms with Crippen molar-refractivity contribution in [2.45, 2.75) is 13.3 Å². The highest BCUT2D eigenvalue weighted by Gasteiger charge is 2.17. The predicted octanol–water partition coefficient (Wildman–Crippen LogP) is 2.95. The van der Waals surface area contributed by atoms with Gasteiger partial charge < -0.3 is 0 Å². The number of hydrogen-bond donors (Lipinski definition) is 0. The first kappa shape index (κ1) is 12.8. The van der Waals surface area contributed by atoms with E-state index in [1.54, 1.807) is 30.8 Å². The molecule has 0 saturated carbocycles. The van der Waals surface area contributed by atoms with E-state index in [0.717, 1.165) is 0 Å². The lowest BCUT2D eigenvalue weighted by atomic mass is 10.1. The Morgan fingerprint density at radius 1 is 1.44 bits per heavy atom. The van der Waals surface area contributed by atoms with Gasteiger partial charge in [-0.25, -0.2) is 4.39 Å². The van der Waals surface area contributed by atoms with Crippen LogP contribution in [0.3, 0.4) is 0 Å². The second-order valence-corrected chi connectivity index (χ2v) is 4.43. The van der Waals surface area contributed by atoms with Crippen LogP contribution >= 0.6 is 11.6 Å². The monoisotopic (exact) mass is 266 g/mol. The molecule has 0 saturated heterocycles. The number of carbonyl (C=O) groups is 1. The molecule has 0 aliphatic heterocycles. The summed E-state index contributed by atoms with van der Waals surface area (Å²) in [6, 6.07) is 5.91. The minimum Gasteiger partial charge on any atom is -0.294 e. The molecular formula is C13H12ClFN2O. The minimum absolute atomic E-state index is 0.0388. The maximum Gasteiger partial charge on any atom is 0.171 e. The highest BCUT2D eigenvalue weighted by molar-refractivity contribution is 6.32. The first-order chi connectivity index (χ1) is 8.50. The van der Waals surface area contributed by atoms with Crippen molar-refractivity contribution >= 4 is 17.4 Å². The van der Waals surface area contributed by atoms with E-state index in [2.05, 4.69) is 5.10 Å². The average molecular weight is 267 g/mol. The van der Waals surface area contributed by atoms with Gasteiger partial charge in [-0.3, -0.25) is 9.48 Å². The molecule has 0 unspecified atom stereocenters. The third-order valence-corrected chi connectivity index (χ3v) is 3.26. The van der Waals surface area contributed by atoms with Crippen molar-refractivity contribution in [3.05, 3.63) is 52.1 Å². The van der Waals surface area contributed by atoms with Crippen LogP contribution in [-0.4, -0.2) is 15.6 Å². The Morgan fingerprint density at radius 3 is 2.67 bits per heavy atom. The summed E-state index contributed by atoms with van der Waals surface area (Å²) in [5.74, 6) is -0.824. The second-order valence-electron chi connectivity index (χ2n) is 4.05. The summed E-state index contributed by atoms with van der Waals surface area (Å²) < 4.78 is 15.0. The molecule has 0 spiro atoms. The van der Waals surface area contributed by atoms with E-state index in [-0.39, 0.29) is 17.8 Å². The lowest BCUT2D eigenvalue weighted by molar-refractivity contribution is 0.0987. The first-order valence-corrected chi connectivity index (χ1v) is 5.84. The fourth-order valence-electron chi connectivity index (χ4n) is 1.81. The fourth-order valence-corrected chi connectivity index (χ4v) is 2.03. The molecule has 0 N–H and O–H groups in total. The van der Waals surface area contributed by atoms with Gasteiger partial charge in [0.25, 0.3) is 0 Å². The van der Waals surface area contributed by atoms with E-state index in [1.807, 2.05) is 0 Å². The molecule has 1 heterocycles. The Bertz CT molecular complexity index is 607. The number of aromatic nitrogens is 2. The van der Waals surface area contributed by atoms with Crippen LogP contribution in [0.1, 0.15) is 21.7 Å². The van der Waals surface area contributed by atoms with Crippen LogP contribution in [0.4, 0.5) is 4.39 Å². The average Bonchev–Trinajstić information content (AvgIpc) is 2.56. The number of halogens is 2. The SMILES string of the molecule is Cc1nn(C)c(CC(=O)c2ccccc2F)c1Cl. The fraction of sp³-hybridized carbons (Fsp3) is 0.231. The largest absolute Gasteiger partial charge is 0.294 e. The Labute approximate surface area is 109 Å². The minimum atomic E-state index is -0.516. The molecule has 2 aromatic rings. The van der Waals surface area contributed by atoms with Gasteiger partial charge in [-0.05, 0) is 19.1 Å². The number of Topliss-reactive ketones (excluding diaryl/α,β-unsaturated/α-hetero) is 1. The van der Waals surface area contributed by atoms with E-state index in [4.69, 9.17) is 11.6 Å². The van der Waals surface area contributed by atoms with Gasteiger partial charge in [0.1, 0.15) is 5.82 Å². The molecular weight excluding hydrogens is 255 g/mol. The van der Waals surface area contributed by atoms with Gasteiger partial charge in [0, 0.05) is 7.05 Å². The smallest absolute Gasteiger partial charge is 0.171 e. The number of benzene rings is 1. The maximum atomic E-state index is 13.5. The molecule has 2 rings (SSSR count). The highest BCUT2D eigenvalue weighted by Crippen LogP contribution is 2.21. The van der Waals surface area contributed by atoms with Gasteiger partial charge in [-0.15, -0.1) is 0 Å². The van der Waals surface area contributed by atoms with E-state index >= 15 is 0 Å². The number of nitrogens with zero attached hydrogens (tertiary/aromatic N) is 2. The summed E-state index contributed by atoms with van der Waals surface area (Å²) in [4.78, 5) is 12.0. The third kappa shape index (κ3) is 2.29. The number of rotatable bonds is 3. The van der Waals surface area contributed by atoms with Crippen LogP contribution in [-0.2, 0) is 13.5 Å². The molecule has 94 valence electrons. The lowest BCUT2D eigenvalue weighted by Crippen LogP contribution is -2.09. The van der Waals surface area contributed by atoms with Gasteiger partial charge in [-0.2, -0.15) is 5.10 Å². The molecule has 0 atom stereocenters. The van der Waals surface area contributed by atoms with Crippen molar-refractivity contribution in [3.63, 3.8) is 0 Å². The predicted molar refractivity (Wildman–Crippen MR) is 67.4 cm³/mol. The summed E-state index contributed by atoms with van der Waals surface area (Å²) in [7, 11) is 1.71.